The number of benzene rings is 8. The van der Waals surface area contributed by atoms with E-state index in [1.807, 2.05) is 24.3 Å². The zero-order valence-corrected chi connectivity index (χ0v) is 46.3. The smallest absolute Gasteiger partial charge is 0.0579 e. The van der Waals surface area contributed by atoms with Crippen LogP contribution in [0.5, 0.6) is 11.5 Å². The molecule has 0 atom stereocenters. The number of para-hydroxylation sites is 2. The predicted octanol–water partition coefficient (Wildman–Crippen LogP) is 18.3. The van der Waals surface area contributed by atoms with Crippen LogP contribution in [0, 0.1) is 10.7 Å². The van der Waals surface area contributed by atoms with Crippen LogP contribution in [0.1, 0.15) is 100 Å². The van der Waals surface area contributed by atoms with Crippen LogP contribution in [0.4, 0.5) is 0 Å². The number of hydrogen-bond donors (Lipinski definition) is 0. The minimum absolute atomic E-state index is 0.0177. The molecule has 75 heavy (non-hydrogen) atoms. The second kappa shape index (κ2) is 18.5. The van der Waals surface area contributed by atoms with Crippen LogP contribution in [0.2, 0.25) is 0 Å². The Balaban J connectivity index is 1.00. The van der Waals surface area contributed by atoms with Gasteiger partial charge in [0.1, 0.15) is 0 Å². The minimum atomic E-state index is -2.40. The molecule has 376 valence electrons. The van der Waals surface area contributed by atoms with Gasteiger partial charge in [-0.05, 0) is 64.8 Å². The van der Waals surface area contributed by atoms with Gasteiger partial charge in [0.25, 0.3) is 0 Å². The van der Waals surface area contributed by atoms with Crippen LogP contribution < -0.4 is 4.74 Å². The Kier molecular flexibility index (Phi) is 11.1. The van der Waals surface area contributed by atoms with E-state index in [4.69, 9.17) is 13.8 Å². The van der Waals surface area contributed by atoms with E-state index in [1.165, 1.54) is 22.3 Å². The van der Waals surface area contributed by atoms with Gasteiger partial charge in [0.05, 0.1) is 0 Å². The molecule has 0 saturated heterocycles. The molecule has 0 spiro atoms. The number of rotatable bonds is 8. The maximum atomic E-state index is 8.86. The number of ether oxygens (including phenoxy) is 1. The molecule has 6 heteroatoms. The van der Waals surface area contributed by atoms with E-state index in [-0.39, 0.29) is 21.8 Å². The molecular formula is C69H64N4OPt. The van der Waals surface area contributed by atoms with Gasteiger partial charge in [0.15, 0.2) is 0 Å². The van der Waals surface area contributed by atoms with Gasteiger partial charge < -0.3 is 0 Å². The Morgan fingerprint density at radius 3 is 1.81 bits per heavy atom. The quantitative estimate of drug-likeness (QED) is 0.152. The van der Waals surface area contributed by atoms with Gasteiger partial charge in [-0.3, -0.25) is 0 Å². The Hall–Kier alpha value is -7.33. The zero-order valence-electron chi connectivity index (χ0n) is 47.0. The van der Waals surface area contributed by atoms with E-state index in [9.17, 15) is 0 Å². The van der Waals surface area contributed by atoms with Gasteiger partial charge in [-0.25, -0.2) is 0 Å². The van der Waals surface area contributed by atoms with Gasteiger partial charge in [0.2, 0.25) is 0 Å². The van der Waals surface area contributed by atoms with Gasteiger partial charge in [-0.15, -0.1) is 0 Å². The SMILES string of the molecule is [2H]C([2H])([2H])c1cc(-n2c3cc(Oc4cccc(-n5[c](=[Pt])n(-c6c(-c7ccccc7)cc(C(C)(C)C)cc6-c6ccccc6)c6ccccc65)c4)ccc3c3cc4c(cc32)C(C)(C)CCC4)ncc1-c1ccc(C(C)(C)C)cc1. The van der Waals surface area contributed by atoms with Crippen LogP contribution in [0.25, 0.3) is 83.4 Å². The van der Waals surface area contributed by atoms with Gasteiger partial charge in [-0.2, -0.15) is 0 Å². The summed E-state index contributed by atoms with van der Waals surface area (Å²) in [6.07, 6.45) is 5.00. The number of aromatic nitrogens is 4. The van der Waals surface area contributed by atoms with E-state index in [2.05, 4.69) is 240 Å². The van der Waals surface area contributed by atoms with Crippen molar-refractivity contribution in [2.24, 2.45) is 0 Å². The van der Waals surface area contributed by atoms with E-state index in [0.717, 1.165) is 95.1 Å². The van der Waals surface area contributed by atoms with Crippen molar-refractivity contribution < 1.29 is 28.2 Å². The summed E-state index contributed by atoms with van der Waals surface area (Å²) >= 11 is 2.51. The molecule has 5 nitrogen and oxygen atoms in total. The number of pyridine rings is 1. The first-order valence-electron chi connectivity index (χ1n) is 27.7. The Bertz CT molecular complexity index is 4130. The van der Waals surface area contributed by atoms with Gasteiger partial charge in [-0.1, -0.05) is 58.9 Å². The third-order valence-corrected chi connectivity index (χ3v) is 16.5. The van der Waals surface area contributed by atoms with Crippen LogP contribution in [-0.2, 0) is 42.0 Å². The molecular weight excluding hydrogens is 1100 g/mol. The predicted molar refractivity (Wildman–Crippen MR) is 309 cm³/mol. The van der Waals surface area contributed by atoms with Crippen molar-refractivity contribution in [3.05, 3.63) is 220 Å². The molecule has 0 aliphatic heterocycles. The van der Waals surface area contributed by atoms with Crippen molar-refractivity contribution in [1.29, 1.82) is 0 Å². The van der Waals surface area contributed by atoms with E-state index >= 15 is 0 Å². The van der Waals surface area contributed by atoms with Crippen LogP contribution in [-0.4, -0.2) is 18.7 Å². The van der Waals surface area contributed by atoms with E-state index < -0.39 is 6.85 Å². The molecule has 0 bridgehead atoms. The fourth-order valence-electron chi connectivity index (χ4n) is 11.4. The van der Waals surface area contributed by atoms with Crippen molar-refractivity contribution in [3.8, 4) is 62.1 Å². The number of fused-ring (bicyclic) bond motifs is 5. The normalized spacial score (nSPS) is 14.5. The average molecular weight is 1160 g/mol. The summed E-state index contributed by atoms with van der Waals surface area (Å²) in [5.41, 5.74) is 17.4. The first-order chi connectivity index (χ1) is 37.2. The van der Waals surface area contributed by atoms with Gasteiger partial charge in [0, 0.05) is 15.9 Å². The summed E-state index contributed by atoms with van der Waals surface area (Å²) in [4.78, 5) is 5.13. The second-order valence-electron chi connectivity index (χ2n) is 23.1. The number of aryl methyl sites for hydroxylation is 2. The first-order valence-corrected chi connectivity index (χ1v) is 27.4. The summed E-state index contributed by atoms with van der Waals surface area (Å²) < 4.78 is 41.4. The molecule has 8 aromatic carbocycles. The number of hydrogen-bond acceptors (Lipinski definition) is 2. The summed E-state index contributed by atoms with van der Waals surface area (Å²) in [6.45, 7) is 15.7. The van der Waals surface area contributed by atoms with Crippen LogP contribution in [0.3, 0.4) is 0 Å². The van der Waals surface area contributed by atoms with Crippen LogP contribution >= 0.6 is 0 Å². The fourth-order valence-corrected chi connectivity index (χ4v) is 12.5. The third kappa shape index (κ3) is 8.73. The van der Waals surface area contributed by atoms with Crippen molar-refractivity contribution in [3.63, 3.8) is 0 Å². The molecule has 0 N–H and O–H groups in total. The molecule has 1 aliphatic rings. The first kappa shape index (κ1) is 45.1. The van der Waals surface area contributed by atoms with Crippen LogP contribution in [0.15, 0.2) is 188 Å². The van der Waals surface area contributed by atoms with Crippen molar-refractivity contribution in [2.75, 3.05) is 0 Å². The Morgan fingerprint density at radius 1 is 0.547 bits per heavy atom. The van der Waals surface area contributed by atoms with Crippen molar-refractivity contribution >= 4 is 32.8 Å². The fraction of sp³-hybridized carbons (Fsp3) is 0.217. The summed E-state index contributed by atoms with van der Waals surface area (Å²) in [7, 11) is 0. The monoisotopic (exact) mass is 1160 g/mol. The third-order valence-electron chi connectivity index (χ3n) is 15.5. The summed E-state index contributed by atoms with van der Waals surface area (Å²) in [6, 6.07) is 64.3. The molecule has 11 aromatic rings. The number of imidazole rings is 1. The maximum absolute atomic E-state index is 8.86. The van der Waals surface area contributed by atoms with Crippen molar-refractivity contribution in [1.82, 2.24) is 18.7 Å². The number of nitrogens with zero attached hydrogens (tertiary/aromatic N) is 4. The summed E-state index contributed by atoms with van der Waals surface area (Å²) in [5.74, 6) is 1.88. The average Bonchev–Trinajstić information content (AvgIpc) is 4.13. The molecule has 12 rings (SSSR count). The molecule has 0 amide bonds. The zero-order chi connectivity index (χ0) is 54.5. The Morgan fingerprint density at radius 2 is 1.16 bits per heavy atom. The van der Waals surface area contributed by atoms with Crippen molar-refractivity contribution in [2.45, 2.75) is 97.7 Å². The molecule has 0 fully saturated rings. The van der Waals surface area contributed by atoms with E-state index in [1.54, 1.807) is 12.3 Å². The summed E-state index contributed by atoms with van der Waals surface area (Å²) in [5, 5.41) is 2.16. The molecule has 0 unspecified atom stereocenters. The molecule has 0 saturated carbocycles. The minimum Gasteiger partial charge on any atom is -0.0579 e. The molecule has 3 heterocycles. The molecule has 3 aromatic heterocycles. The van der Waals surface area contributed by atoms with Gasteiger partial charge >= 0.3 is 320 Å². The Labute approximate surface area is 456 Å². The van der Waals surface area contributed by atoms with E-state index in [0.29, 0.717) is 22.9 Å². The molecule has 0 radical (unpaired) electrons. The molecule has 1 aliphatic carbocycles. The topological polar surface area (TPSA) is 36.9 Å². The standard InChI is InChI=1S/C69H64N4O.Pt/c1-45-36-65(70-43-59(45)48-29-31-50(32-30-48)67(2,3)4)73-63-41-54(33-34-55(63)58-37-49-24-19-35-69(8,9)60(49)42-64(58)73)74-53-26-18-25-52(40-53)71-44-72(62-28-17-16-27-61(62)71)66-56(46-20-12-10-13-21-46)38-51(68(5,6)7)39-57(66)47-22-14-11-15-23-47;/h10-18,20-23,25-34,36-43H,19,24,35H2,1-9H3;/i1D3;. The second-order valence-corrected chi connectivity index (χ2v) is 24.1.